The second kappa shape index (κ2) is 6.09. The number of Topliss-reactive ketones (excluding diaryl/α,β-unsaturated/α-hetero) is 1. The van der Waals surface area contributed by atoms with Gasteiger partial charge in [-0.05, 0) is 54.8 Å². The molecule has 0 saturated carbocycles. The first kappa shape index (κ1) is 15.0. The van der Waals surface area contributed by atoms with Crippen LogP contribution in [0.2, 0.25) is 6.32 Å². The summed E-state index contributed by atoms with van der Waals surface area (Å²) in [5.74, 6) is 0.133. The van der Waals surface area contributed by atoms with Crippen molar-refractivity contribution in [3.05, 3.63) is 64.2 Å². The van der Waals surface area contributed by atoms with E-state index in [0.29, 0.717) is 6.42 Å². The van der Waals surface area contributed by atoms with Gasteiger partial charge in [-0.2, -0.15) is 0 Å². The van der Waals surface area contributed by atoms with Crippen LogP contribution in [-0.4, -0.2) is 17.7 Å². The maximum absolute atomic E-state index is 12.5. The molecule has 0 unspecified atom stereocenters. The predicted molar refractivity (Wildman–Crippen MR) is 91.1 cm³/mol. The lowest BCUT2D eigenvalue weighted by Crippen LogP contribution is -2.36. The number of carbonyl (C=O) groups is 1. The van der Waals surface area contributed by atoms with E-state index < -0.39 is 0 Å². The molecule has 112 valence electrons. The van der Waals surface area contributed by atoms with Crippen molar-refractivity contribution in [2.75, 3.05) is 0 Å². The van der Waals surface area contributed by atoms with Crippen molar-refractivity contribution < 1.29 is 9.82 Å². The topological polar surface area (TPSA) is 37.3 Å². The molecule has 3 heteroatoms. The van der Waals surface area contributed by atoms with Gasteiger partial charge < -0.3 is 5.02 Å². The highest BCUT2D eigenvalue weighted by Gasteiger charge is 2.22. The minimum Gasteiger partial charge on any atom is -0.446 e. The largest absolute Gasteiger partial charge is 0.446 e. The van der Waals surface area contributed by atoms with Gasteiger partial charge in [-0.15, -0.1) is 0 Å². The molecule has 2 aromatic rings. The van der Waals surface area contributed by atoms with Crippen LogP contribution in [0.15, 0.2) is 36.4 Å². The first-order chi connectivity index (χ1) is 10.5. The van der Waals surface area contributed by atoms with E-state index in [9.17, 15) is 9.82 Å². The fraction of sp³-hybridized carbons (Fsp3) is 0.316. The minimum atomic E-state index is -0.375. The lowest BCUT2D eigenvalue weighted by Gasteiger charge is -2.19. The fourth-order valence-electron chi connectivity index (χ4n) is 3.14. The number of rotatable bonds is 3. The van der Waals surface area contributed by atoms with Crippen LogP contribution < -0.4 is 5.46 Å². The third kappa shape index (κ3) is 3.00. The summed E-state index contributed by atoms with van der Waals surface area (Å²) in [4.78, 5) is 12.5. The molecule has 1 aliphatic heterocycles. The second-order valence-electron chi connectivity index (χ2n) is 6.34. The average molecular weight is 292 g/mol. The zero-order chi connectivity index (χ0) is 15.7. The zero-order valence-corrected chi connectivity index (χ0v) is 13.2. The third-order valence-electron chi connectivity index (χ3n) is 4.69. The summed E-state index contributed by atoms with van der Waals surface area (Å²) < 4.78 is 0. The number of hydrogen-bond donors (Lipinski definition) is 1. The summed E-state index contributed by atoms with van der Waals surface area (Å²) in [6.45, 7) is 3.70. The molecule has 0 bridgehead atoms. The van der Waals surface area contributed by atoms with Gasteiger partial charge in [-0.25, -0.2) is 0 Å². The van der Waals surface area contributed by atoms with E-state index in [0.717, 1.165) is 41.3 Å². The Balaban J connectivity index is 1.82. The lowest BCUT2D eigenvalue weighted by molar-refractivity contribution is 0.0993. The predicted octanol–water partition coefficient (Wildman–Crippen LogP) is 2.87. The van der Waals surface area contributed by atoms with Gasteiger partial charge in [0.15, 0.2) is 5.78 Å². The van der Waals surface area contributed by atoms with Gasteiger partial charge in [0.1, 0.15) is 0 Å². The molecule has 0 spiro atoms. The monoisotopic (exact) mass is 292 g/mol. The summed E-state index contributed by atoms with van der Waals surface area (Å²) >= 11 is 0. The van der Waals surface area contributed by atoms with Crippen LogP contribution in [0.5, 0.6) is 0 Å². The van der Waals surface area contributed by atoms with Crippen molar-refractivity contribution in [1.29, 1.82) is 0 Å². The molecule has 1 heterocycles. The number of benzene rings is 2. The van der Waals surface area contributed by atoms with Gasteiger partial charge in [-0.1, -0.05) is 42.3 Å². The molecular formula is C19H21BO2. The van der Waals surface area contributed by atoms with Crippen LogP contribution in [0.3, 0.4) is 0 Å². The van der Waals surface area contributed by atoms with Crippen LogP contribution in [0.1, 0.15) is 39.0 Å². The molecule has 0 fully saturated rings. The Labute approximate surface area is 132 Å². The molecule has 0 radical (unpaired) electrons. The van der Waals surface area contributed by atoms with Crippen molar-refractivity contribution in [2.45, 2.75) is 39.4 Å². The van der Waals surface area contributed by atoms with Gasteiger partial charge >= 0.3 is 6.92 Å². The van der Waals surface area contributed by atoms with Gasteiger partial charge in [0.05, 0.1) is 0 Å². The Kier molecular flexibility index (Phi) is 4.17. The third-order valence-corrected chi connectivity index (χ3v) is 4.69. The summed E-state index contributed by atoms with van der Waals surface area (Å²) in [6, 6.07) is 12.0. The maximum atomic E-state index is 12.5. The zero-order valence-electron chi connectivity index (χ0n) is 13.2. The van der Waals surface area contributed by atoms with Gasteiger partial charge in [0.25, 0.3) is 0 Å². The van der Waals surface area contributed by atoms with Crippen molar-refractivity contribution in [2.24, 2.45) is 0 Å². The summed E-state index contributed by atoms with van der Waals surface area (Å²) in [5.41, 5.74) is 6.34. The summed E-state index contributed by atoms with van der Waals surface area (Å²) in [5, 5.41) is 10.1. The van der Waals surface area contributed by atoms with Crippen LogP contribution in [0.25, 0.3) is 0 Å². The number of ketones is 1. The lowest BCUT2D eigenvalue weighted by atomic mass is 9.53. The standard InChI is InChI=1S/C19H21BO2/c1-13-5-7-17(10-14(13)2)19(21)12-15-6-8-16-4-3-9-20(22)18(16)11-15/h5-8,10-11,22H,3-4,9,12H2,1-2H3. The first-order valence-corrected chi connectivity index (χ1v) is 7.95. The molecular weight excluding hydrogens is 271 g/mol. The Hall–Kier alpha value is -1.87. The van der Waals surface area contributed by atoms with Crippen molar-refractivity contribution in [3.8, 4) is 0 Å². The Morgan fingerprint density at radius 1 is 1.14 bits per heavy atom. The van der Waals surface area contributed by atoms with Crippen molar-refractivity contribution in [1.82, 2.24) is 0 Å². The normalized spacial score (nSPS) is 13.9. The SMILES string of the molecule is Cc1ccc(C(=O)Cc2ccc3c(c2)B(O)CCC3)cc1C. The van der Waals surface area contributed by atoms with E-state index in [4.69, 9.17) is 0 Å². The fourth-order valence-corrected chi connectivity index (χ4v) is 3.14. The molecule has 22 heavy (non-hydrogen) atoms. The van der Waals surface area contributed by atoms with Gasteiger partial charge in [0.2, 0.25) is 0 Å². The molecule has 1 N–H and O–H groups in total. The highest BCUT2D eigenvalue weighted by Crippen LogP contribution is 2.17. The first-order valence-electron chi connectivity index (χ1n) is 7.95. The Morgan fingerprint density at radius 3 is 2.73 bits per heavy atom. The minimum absolute atomic E-state index is 0.133. The van der Waals surface area contributed by atoms with E-state index in [1.54, 1.807) is 0 Å². The second-order valence-corrected chi connectivity index (χ2v) is 6.34. The molecule has 0 amide bonds. The molecule has 0 saturated heterocycles. The molecule has 2 nitrogen and oxygen atoms in total. The molecule has 2 aromatic carbocycles. The Morgan fingerprint density at radius 2 is 1.95 bits per heavy atom. The van der Waals surface area contributed by atoms with Crippen molar-refractivity contribution >= 4 is 18.2 Å². The van der Waals surface area contributed by atoms with Crippen molar-refractivity contribution in [3.63, 3.8) is 0 Å². The smallest absolute Gasteiger partial charge is 0.323 e. The van der Waals surface area contributed by atoms with Gasteiger partial charge in [0, 0.05) is 12.0 Å². The molecule has 0 atom stereocenters. The number of aryl methyl sites for hydroxylation is 3. The maximum Gasteiger partial charge on any atom is 0.323 e. The molecule has 0 aromatic heterocycles. The van der Waals surface area contributed by atoms with E-state index in [2.05, 4.69) is 13.0 Å². The number of carbonyl (C=O) groups excluding carboxylic acids is 1. The number of fused-ring (bicyclic) bond motifs is 1. The number of hydrogen-bond acceptors (Lipinski definition) is 2. The quantitative estimate of drug-likeness (QED) is 0.697. The van der Waals surface area contributed by atoms with Gasteiger partial charge in [-0.3, -0.25) is 4.79 Å². The summed E-state index contributed by atoms with van der Waals surface area (Å²) in [6.07, 6.45) is 3.27. The highest BCUT2D eigenvalue weighted by molar-refractivity contribution is 6.67. The average Bonchev–Trinajstić information content (AvgIpc) is 2.51. The Bertz CT molecular complexity index is 721. The van der Waals surface area contributed by atoms with E-state index >= 15 is 0 Å². The molecule has 1 aliphatic rings. The molecule has 0 aliphatic carbocycles. The summed E-state index contributed by atoms with van der Waals surface area (Å²) in [7, 11) is 0. The molecule has 3 rings (SSSR count). The van der Waals surface area contributed by atoms with Crippen LogP contribution in [0, 0.1) is 13.8 Å². The van der Waals surface area contributed by atoms with Crippen LogP contribution in [-0.2, 0) is 12.8 Å². The van der Waals surface area contributed by atoms with E-state index in [1.165, 1.54) is 11.1 Å². The highest BCUT2D eigenvalue weighted by atomic mass is 16.2. The van der Waals surface area contributed by atoms with E-state index in [1.807, 2.05) is 37.3 Å². The van der Waals surface area contributed by atoms with E-state index in [-0.39, 0.29) is 12.7 Å². The van der Waals surface area contributed by atoms with Crippen LogP contribution in [0.4, 0.5) is 0 Å². The van der Waals surface area contributed by atoms with Crippen LogP contribution >= 0.6 is 0 Å².